The number of halogens is 4. The monoisotopic (exact) mass is 161 g/mol. The first-order valence-electron chi connectivity index (χ1n) is 3.08. The first-order chi connectivity index (χ1) is 4.41. The van der Waals surface area contributed by atoms with Crippen molar-refractivity contribution in [1.29, 1.82) is 0 Å². The highest BCUT2D eigenvalue weighted by molar-refractivity contribution is 6.50. The van der Waals surface area contributed by atoms with Crippen LogP contribution < -0.4 is 5.73 Å². The molecule has 3 N–H and O–H groups in total. The van der Waals surface area contributed by atoms with Crippen LogP contribution in [0.2, 0.25) is 0 Å². The SMILES string of the molecule is CCCC[NH3+].F[B-](F)(F)F. The molecule has 0 aromatic carbocycles. The van der Waals surface area contributed by atoms with Gasteiger partial charge in [-0.1, -0.05) is 13.3 Å². The zero-order valence-electron chi connectivity index (χ0n) is 5.92. The van der Waals surface area contributed by atoms with E-state index in [0.717, 1.165) is 6.54 Å². The molecule has 0 saturated heterocycles. The van der Waals surface area contributed by atoms with Gasteiger partial charge in [0, 0.05) is 0 Å². The standard InChI is InChI=1S/C4H11N.BF4/c1-2-3-4-5;2-1(3,4)5/h2-5H2,1H3;/q;-1/p+1. The maximum atomic E-state index is 9.75. The molecule has 0 radical (unpaired) electrons. The predicted octanol–water partition coefficient (Wildman–Crippen LogP) is 1.33. The number of hydrogen-bond donors (Lipinski definition) is 1. The second-order valence-electron chi connectivity index (χ2n) is 1.70. The molecular weight excluding hydrogens is 149 g/mol. The number of quaternary nitrogens is 1. The molecule has 0 spiro atoms. The van der Waals surface area contributed by atoms with Gasteiger partial charge in [-0.3, -0.25) is 0 Å². The molecule has 0 rings (SSSR count). The molecule has 0 aliphatic rings. The average molecular weight is 161 g/mol. The van der Waals surface area contributed by atoms with E-state index in [1.54, 1.807) is 0 Å². The van der Waals surface area contributed by atoms with Gasteiger partial charge in [-0.2, -0.15) is 0 Å². The Morgan fingerprint density at radius 1 is 1.20 bits per heavy atom. The molecule has 0 heterocycles. The first-order valence-corrected chi connectivity index (χ1v) is 3.08. The van der Waals surface area contributed by atoms with E-state index in [1.807, 2.05) is 0 Å². The van der Waals surface area contributed by atoms with Crippen molar-refractivity contribution in [2.45, 2.75) is 19.8 Å². The Morgan fingerprint density at radius 3 is 1.50 bits per heavy atom. The van der Waals surface area contributed by atoms with Crippen LogP contribution >= 0.6 is 0 Å². The molecule has 0 atom stereocenters. The molecule has 6 heteroatoms. The summed E-state index contributed by atoms with van der Waals surface area (Å²) in [7, 11) is -6.00. The van der Waals surface area contributed by atoms with Gasteiger partial charge in [0.1, 0.15) is 0 Å². The third kappa shape index (κ3) is 116. The zero-order chi connectivity index (χ0) is 8.62. The van der Waals surface area contributed by atoms with E-state index in [-0.39, 0.29) is 0 Å². The first kappa shape index (κ1) is 12.4. The van der Waals surface area contributed by atoms with Gasteiger partial charge in [0.25, 0.3) is 0 Å². The van der Waals surface area contributed by atoms with Crippen molar-refractivity contribution in [3.8, 4) is 0 Å². The molecule has 0 aromatic rings. The van der Waals surface area contributed by atoms with Gasteiger partial charge >= 0.3 is 7.25 Å². The molecule has 0 saturated carbocycles. The summed E-state index contributed by atoms with van der Waals surface area (Å²) < 4.78 is 39.0. The van der Waals surface area contributed by atoms with E-state index in [0.29, 0.717) is 0 Å². The summed E-state index contributed by atoms with van der Waals surface area (Å²) in [6, 6.07) is 0. The fourth-order valence-corrected chi connectivity index (χ4v) is 0.250. The highest BCUT2D eigenvalue weighted by atomic mass is 19.5. The Balaban J connectivity index is 0. The Labute approximate surface area is 57.7 Å². The summed E-state index contributed by atoms with van der Waals surface area (Å²) >= 11 is 0. The fraction of sp³-hybridized carbons (Fsp3) is 1.00. The van der Waals surface area contributed by atoms with Crippen LogP contribution in [0.5, 0.6) is 0 Å². The minimum atomic E-state index is -6.00. The number of hydrogen-bond acceptors (Lipinski definition) is 0. The van der Waals surface area contributed by atoms with Crippen molar-refractivity contribution in [2.24, 2.45) is 0 Å². The molecule has 0 amide bonds. The van der Waals surface area contributed by atoms with Gasteiger partial charge in [-0.05, 0) is 6.42 Å². The quantitative estimate of drug-likeness (QED) is 0.467. The van der Waals surface area contributed by atoms with Crippen LogP contribution in [-0.2, 0) is 0 Å². The number of rotatable bonds is 2. The van der Waals surface area contributed by atoms with Crippen molar-refractivity contribution in [2.75, 3.05) is 6.54 Å². The lowest BCUT2D eigenvalue weighted by molar-refractivity contribution is -0.368. The third-order valence-corrected chi connectivity index (χ3v) is 0.604. The molecule has 0 aromatic heterocycles. The second kappa shape index (κ2) is 6.86. The lowest BCUT2D eigenvalue weighted by atomic mass is 10.3. The van der Waals surface area contributed by atoms with E-state index in [1.165, 1.54) is 12.8 Å². The van der Waals surface area contributed by atoms with E-state index >= 15 is 0 Å². The zero-order valence-corrected chi connectivity index (χ0v) is 5.92. The normalized spacial score (nSPS) is 10.2. The molecule has 10 heavy (non-hydrogen) atoms. The lowest BCUT2D eigenvalue weighted by Gasteiger charge is -1.94. The van der Waals surface area contributed by atoms with Crippen molar-refractivity contribution in [1.82, 2.24) is 0 Å². The van der Waals surface area contributed by atoms with Crippen molar-refractivity contribution >= 4 is 7.25 Å². The van der Waals surface area contributed by atoms with Crippen LogP contribution in [0.25, 0.3) is 0 Å². The van der Waals surface area contributed by atoms with Crippen LogP contribution in [0, 0.1) is 0 Å². The maximum Gasteiger partial charge on any atom is 0.673 e. The van der Waals surface area contributed by atoms with E-state index in [9.17, 15) is 17.3 Å². The van der Waals surface area contributed by atoms with Gasteiger partial charge in [0.05, 0.1) is 6.54 Å². The minimum Gasteiger partial charge on any atom is -0.418 e. The predicted molar refractivity (Wildman–Crippen MR) is 32.8 cm³/mol. The van der Waals surface area contributed by atoms with E-state index < -0.39 is 7.25 Å². The summed E-state index contributed by atoms with van der Waals surface area (Å²) in [5.41, 5.74) is 3.68. The van der Waals surface area contributed by atoms with Crippen LogP contribution in [0.4, 0.5) is 17.3 Å². The van der Waals surface area contributed by atoms with Crippen LogP contribution in [-0.4, -0.2) is 13.8 Å². The molecule has 0 aliphatic carbocycles. The minimum absolute atomic E-state index is 1.09. The lowest BCUT2D eigenvalue weighted by Crippen LogP contribution is -2.49. The third-order valence-electron chi connectivity index (χ3n) is 0.604. The second-order valence-corrected chi connectivity index (χ2v) is 1.70. The van der Waals surface area contributed by atoms with Crippen LogP contribution in [0.1, 0.15) is 19.8 Å². The fourth-order valence-electron chi connectivity index (χ4n) is 0.250. The number of unbranched alkanes of at least 4 members (excludes halogenated alkanes) is 1. The molecular formula is C4H12BF4N. The van der Waals surface area contributed by atoms with E-state index in [2.05, 4.69) is 12.7 Å². The molecule has 0 aliphatic heterocycles. The van der Waals surface area contributed by atoms with E-state index in [4.69, 9.17) is 0 Å². The van der Waals surface area contributed by atoms with Gasteiger partial charge in [0.15, 0.2) is 0 Å². The summed E-state index contributed by atoms with van der Waals surface area (Å²) in [6.45, 7) is 3.27. The Morgan fingerprint density at radius 2 is 1.50 bits per heavy atom. The van der Waals surface area contributed by atoms with Crippen molar-refractivity contribution in [3.63, 3.8) is 0 Å². The highest BCUT2D eigenvalue weighted by Gasteiger charge is 2.20. The molecule has 64 valence electrons. The van der Waals surface area contributed by atoms with Crippen molar-refractivity contribution < 1.29 is 23.0 Å². The van der Waals surface area contributed by atoms with Crippen LogP contribution in [0.3, 0.4) is 0 Å². The summed E-state index contributed by atoms with van der Waals surface area (Å²) in [5.74, 6) is 0. The van der Waals surface area contributed by atoms with Gasteiger partial charge in [0.2, 0.25) is 0 Å². The summed E-state index contributed by atoms with van der Waals surface area (Å²) in [6.07, 6.45) is 2.56. The largest absolute Gasteiger partial charge is 0.673 e. The highest BCUT2D eigenvalue weighted by Crippen LogP contribution is 2.06. The van der Waals surface area contributed by atoms with Crippen molar-refractivity contribution in [3.05, 3.63) is 0 Å². The Hall–Kier alpha value is -0.255. The summed E-state index contributed by atoms with van der Waals surface area (Å²) in [4.78, 5) is 0. The van der Waals surface area contributed by atoms with Gasteiger partial charge in [-0.15, -0.1) is 0 Å². The topological polar surface area (TPSA) is 27.6 Å². The molecule has 0 unspecified atom stereocenters. The molecule has 0 fully saturated rings. The van der Waals surface area contributed by atoms with Crippen LogP contribution in [0.15, 0.2) is 0 Å². The molecule has 1 nitrogen and oxygen atoms in total. The molecule has 0 bridgehead atoms. The average Bonchev–Trinajstić information content (AvgIpc) is 1.63. The summed E-state index contributed by atoms with van der Waals surface area (Å²) in [5, 5.41) is 0. The maximum absolute atomic E-state index is 9.75. The van der Waals surface area contributed by atoms with Gasteiger partial charge < -0.3 is 23.0 Å². The Kier molecular flexibility index (Phi) is 8.52. The smallest absolute Gasteiger partial charge is 0.418 e. The van der Waals surface area contributed by atoms with Gasteiger partial charge in [-0.25, -0.2) is 0 Å². The Bertz CT molecular complexity index is 56.8.